The molecule has 1 amide bonds. The minimum absolute atomic E-state index is 0.0193. The molecule has 0 aromatic heterocycles. The van der Waals surface area contributed by atoms with Gasteiger partial charge in [-0.1, -0.05) is 18.2 Å². The van der Waals surface area contributed by atoms with Crippen LogP contribution in [0.2, 0.25) is 0 Å². The third kappa shape index (κ3) is 3.89. The van der Waals surface area contributed by atoms with E-state index in [0.717, 1.165) is 17.5 Å². The number of aryl methyl sites for hydroxylation is 2. The van der Waals surface area contributed by atoms with Gasteiger partial charge in [-0.3, -0.25) is 9.52 Å². The van der Waals surface area contributed by atoms with Crippen molar-refractivity contribution < 1.29 is 13.2 Å². The zero-order chi connectivity index (χ0) is 18.9. The summed E-state index contributed by atoms with van der Waals surface area (Å²) in [5, 5.41) is 0. The second kappa shape index (κ2) is 7.09. The van der Waals surface area contributed by atoms with Crippen molar-refractivity contribution >= 4 is 21.6 Å². The summed E-state index contributed by atoms with van der Waals surface area (Å²) in [6, 6.07) is 11.7. The van der Waals surface area contributed by atoms with Crippen LogP contribution in [-0.2, 0) is 10.0 Å². The fourth-order valence-corrected chi connectivity index (χ4v) is 4.14. The van der Waals surface area contributed by atoms with Gasteiger partial charge in [0.1, 0.15) is 0 Å². The van der Waals surface area contributed by atoms with Gasteiger partial charge in [-0.2, -0.15) is 0 Å². The molecule has 1 saturated heterocycles. The normalized spacial score (nSPS) is 17.3. The highest BCUT2D eigenvalue weighted by Crippen LogP contribution is 2.22. The van der Waals surface area contributed by atoms with Crippen molar-refractivity contribution in [3.05, 3.63) is 59.2 Å². The first-order chi connectivity index (χ1) is 12.3. The Labute approximate surface area is 154 Å². The van der Waals surface area contributed by atoms with E-state index in [4.69, 9.17) is 5.73 Å². The quantitative estimate of drug-likeness (QED) is 0.860. The van der Waals surface area contributed by atoms with E-state index in [0.29, 0.717) is 24.3 Å². The summed E-state index contributed by atoms with van der Waals surface area (Å²) in [7, 11) is -3.78. The zero-order valence-electron chi connectivity index (χ0n) is 14.9. The molecule has 1 aliphatic rings. The van der Waals surface area contributed by atoms with Gasteiger partial charge < -0.3 is 10.6 Å². The topological polar surface area (TPSA) is 92.5 Å². The van der Waals surface area contributed by atoms with E-state index in [2.05, 4.69) is 4.72 Å². The monoisotopic (exact) mass is 373 g/mol. The van der Waals surface area contributed by atoms with E-state index in [9.17, 15) is 13.2 Å². The molecule has 1 aliphatic heterocycles. The van der Waals surface area contributed by atoms with E-state index >= 15 is 0 Å². The Morgan fingerprint density at radius 2 is 1.96 bits per heavy atom. The standard InChI is InChI=1S/C19H23N3O3S/c1-13-4-3-5-16(10-13)21-26(24,25)17-7-6-14(2)18(11-17)19(23)22-9-8-15(20)12-22/h3-7,10-11,15,21H,8-9,12,20H2,1-2H3/t15-/m1/s1. The molecule has 0 bridgehead atoms. The molecule has 0 spiro atoms. The number of rotatable bonds is 4. The number of likely N-dealkylation sites (tertiary alicyclic amines) is 1. The smallest absolute Gasteiger partial charge is 0.261 e. The fourth-order valence-electron chi connectivity index (χ4n) is 3.06. The first-order valence-electron chi connectivity index (χ1n) is 8.51. The van der Waals surface area contributed by atoms with Gasteiger partial charge in [-0.25, -0.2) is 8.42 Å². The lowest BCUT2D eigenvalue weighted by Gasteiger charge is -2.18. The molecule has 2 aromatic rings. The van der Waals surface area contributed by atoms with Crippen LogP contribution in [0, 0.1) is 13.8 Å². The van der Waals surface area contributed by atoms with Crippen molar-refractivity contribution in [3.8, 4) is 0 Å². The summed E-state index contributed by atoms with van der Waals surface area (Å²) in [6.07, 6.45) is 0.762. The molecule has 0 radical (unpaired) electrons. The van der Waals surface area contributed by atoms with Crippen LogP contribution in [0.15, 0.2) is 47.4 Å². The first-order valence-corrected chi connectivity index (χ1v) is 9.99. The van der Waals surface area contributed by atoms with Gasteiger partial charge in [-0.15, -0.1) is 0 Å². The molecule has 1 atom stereocenters. The van der Waals surface area contributed by atoms with Crippen LogP contribution in [-0.4, -0.2) is 38.4 Å². The molecule has 7 heteroatoms. The number of benzene rings is 2. The molecule has 3 rings (SSSR count). The number of carbonyl (C=O) groups excluding carboxylic acids is 1. The summed E-state index contributed by atoms with van der Waals surface area (Å²) in [5.74, 6) is -0.178. The van der Waals surface area contributed by atoms with Crippen molar-refractivity contribution in [2.24, 2.45) is 5.73 Å². The Bertz CT molecular complexity index is 941. The predicted octanol–water partition coefficient (Wildman–Crippen LogP) is 2.28. The van der Waals surface area contributed by atoms with Gasteiger partial charge in [0.25, 0.3) is 15.9 Å². The molecule has 138 valence electrons. The fraction of sp³-hybridized carbons (Fsp3) is 0.316. The molecule has 26 heavy (non-hydrogen) atoms. The Morgan fingerprint density at radius 1 is 1.19 bits per heavy atom. The van der Waals surface area contributed by atoms with Gasteiger partial charge in [0.05, 0.1) is 4.90 Å². The minimum Gasteiger partial charge on any atom is -0.337 e. The number of hydrogen-bond acceptors (Lipinski definition) is 4. The van der Waals surface area contributed by atoms with Crippen LogP contribution in [0.4, 0.5) is 5.69 Å². The average molecular weight is 373 g/mol. The summed E-state index contributed by atoms with van der Waals surface area (Å²) >= 11 is 0. The molecule has 0 unspecified atom stereocenters. The summed E-state index contributed by atoms with van der Waals surface area (Å²) in [6.45, 7) is 4.78. The molecular weight excluding hydrogens is 350 g/mol. The van der Waals surface area contributed by atoms with E-state index in [-0.39, 0.29) is 16.8 Å². The number of nitrogens with one attached hydrogen (secondary N) is 1. The summed E-state index contributed by atoms with van der Waals surface area (Å²) < 4.78 is 28.0. The second-order valence-corrected chi connectivity index (χ2v) is 8.43. The van der Waals surface area contributed by atoms with Crippen molar-refractivity contribution in [3.63, 3.8) is 0 Å². The first kappa shape index (κ1) is 18.4. The Hall–Kier alpha value is -2.38. The highest BCUT2D eigenvalue weighted by molar-refractivity contribution is 7.92. The minimum atomic E-state index is -3.78. The number of nitrogens with two attached hydrogens (primary N) is 1. The number of anilines is 1. The molecule has 6 nitrogen and oxygen atoms in total. The Morgan fingerprint density at radius 3 is 2.62 bits per heavy atom. The van der Waals surface area contributed by atoms with E-state index < -0.39 is 10.0 Å². The predicted molar refractivity (Wildman–Crippen MR) is 102 cm³/mol. The lowest BCUT2D eigenvalue weighted by atomic mass is 10.1. The molecule has 0 aliphatic carbocycles. The lowest BCUT2D eigenvalue weighted by molar-refractivity contribution is 0.0790. The number of sulfonamides is 1. The molecule has 1 fully saturated rings. The van der Waals surface area contributed by atoms with Crippen molar-refractivity contribution in [2.75, 3.05) is 17.8 Å². The lowest BCUT2D eigenvalue weighted by Crippen LogP contribution is -2.32. The number of amides is 1. The highest BCUT2D eigenvalue weighted by atomic mass is 32.2. The number of carbonyl (C=O) groups is 1. The van der Waals surface area contributed by atoms with Crippen molar-refractivity contribution in [1.29, 1.82) is 0 Å². The van der Waals surface area contributed by atoms with Crippen LogP contribution in [0.5, 0.6) is 0 Å². The van der Waals surface area contributed by atoms with Gasteiger partial charge >= 0.3 is 0 Å². The summed E-state index contributed by atoms with van der Waals surface area (Å²) in [5.41, 5.74) is 8.46. The molecular formula is C19H23N3O3S. The van der Waals surface area contributed by atoms with Crippen molar-refractivity contribution in [2.45, 2.75) is 31.2 Å². The third-order valence-electron chi connectivity index (χ3n) is 4.53. The van der Waals surface area contributed by atoms with Crippen LogP contribution < -0.4 is 10.5 Å². The Kier molecular flexibility index (Phi) is 5.02. The van der Waals surface area contributed by atoms with Gasteiger partial charge in [-0.05, 0) is 55.7 Å². The van der Waals surface area contributed by atoms with Crippen LogP contribution in [0.3, 0.4) is 0 Å². The Balaban J connectivity index is 1.89. The van der Waals surface area contributed by atoms with Gasteiger partial charge in [0.15, 0.2) is 0 Å². The maximum absolute atomic E-state index is 12.8. The van der Waals surface area contributed by atoms with Crippen molar-refractivity contribution in [1.82, 2.24) is 4.90 Å². The van der Waals surface area contributed by atoms with Crippen LogP contribution in [0.25, 0.3) is 0 Å². The van der Waals surface area contributed by atoms with E-state index in [1.54, 1.807) is 36.1 Å². The van der Waals surface area contributed by atoms with Crippen LogP contribution in [0.1, 0.15) is 27.9 Å². The van der Waals surface area contributed by atoms with E-state index in [1.807, 2.05) is 13.0 Å². The van der Waals surface area contributed by atoms with Gasteiger partial charge in [0, 0.05) is 30.4 Å². The second-order valence-electron chi connectivity index (χ2n) is 6.75. The van der Waals surface area contributed by atoms with Crippen LogP contribution >= 0.6 is 0 Å². The van der Waals surface area contributed by atoms with E-state index in [1.165, 1.54) is 12.1 Å². The molecule has 0 saturated carbocycles. The maximum Gasteiger partial charge on any atom is 0.261 e. The highest BCUT2D eigenvalue weighted by Gasteiger charge is 2.26. The van der Waals surface area contributed by atoms with Gasteiger partial charge in [0.2, 0.25) is 0 Å². The third-order valence-corrected chi connectivity index (χ3v) is 5.91. The maximum atomic E-state index is 12.8. The molecule has 3 N–H and O–H groups in total. The number of nitrogens with zero attached hydrogens (tertiary/aromatic N) is 1. The number of hydrogen-bond donors (Lipinski definition) is 2. The molecule has 2 aromatic carbocycles. The summed E-state index contributed by atoms with van der Waals surface area (Å²) in [4.78, 5) is 14.5. The SMILES string of the molecule is Cc1cccc(NS(=O)(=O)c2ccc(C)c(C(=O)N3CC[C@@H](N)C3)c2)c1. The average Bonchev–Trinajstić information content (AvgIpc) is 3.00. The largest absolute Gasteiger partial charge is 0.337 e. The zero-order valence-corrected chi connectivity index (χ0v) is 15.7. The molecule has 1 heterocycles.